The first-order valence-electron chi connectivity index (χ1n) is 5.50. The van der Waals surface area contributed by atoms with Crippen molar-refractivity contribution in [1.82, 2.24) is 4.98 Å². The largest absolute Gasteiger partial charge is 0.398 e. The second kappa shape index (κ2) is 6.04. The average Bonchev–Trinajstić information content (AvgIpc) is 2.37. The van der Waals surface area contributed by atoms with Crippen LogP contribution in [0.2, 0.25) is 5.15 Å². The number of hydrogen-bond donors (Lipinski definition) is 2. The summed E-state index contributed by atoms with van der Waals surface area (Å²) in [6, 6.07) is 8.94. The number of aromatic nitrogens is 1. The highest BCUT2D eigenvalue weighted by atomic mass is 79.9. The van der Waals surface area contributed by atoms with Gasteiger partial charge in [-0.25, -0.2) is 4.98 Å². The number of pyridine rings is 1. The summed E-state index contributed by atoms with van der Waals surface area (Å²) in [6.45, 7) is 0. The number of carbonyl (C=O) groups is 1. The van der Waals surface area contributed by atoms with Crippen LogP contribution in [0, 0.1) is 0 Å². The van der Waals surface area contributed by atoms with Gasteiger partial charge in [-0.2, -0.15) is 0 Å². The van der Waals surface area contributed by atoms with Crippen LogP contribution in [0.5, 0.6) is 0 Å². The van der Waals surface area contributed by atoms with E-state index in [1.54, 1.807) is 18.3 Å². The lowest BCUT2D eigenvalue weighted by Crippen LogP contribution is -2.15. The molecule has 0 aliphatic rings. The number of nitrogen functional groups attached to an aromatic ring is 1. The van der Waals surface area contributed by atoms with Crippen molar-refractivity contribution >= 4 is 44.8 Å². The molecule has 0 saturated carbocycles. The van der Waals surface area contributed by atoms with Gasteiger partial charge in [-0.3, -0.25) is 4.79 Å². The molecule has 0 unspecified atom stereocenters. The van der Waals surface area contributed by atoms with Crippen LogP contribution < -0.4 is 11.1 Å². The first-order valence-corrected chi connectivity index (χ1v) is 6.67. The molecule has 0 aliphatic heterocycles. The average molecular weight is 341 g/mol. The Balaban J connectivity index is 2.10. The number of nitrogens with one attached hydrogen (secondary N) is 1. The molecule has 3 N–H and O–H groups in total. The molecule has 0 bridgehead atoms. The van der Waals surface area contributed by atoms with Crippen LogP contribution in [0.1, 0.15) is 5.56 Å². The van der Waals surface area contributed by atoms with Gasteiger partial charge in [0.1, 0.15) is 0 Å². The molecule has 98 valence electrons. The normalized spacial score (nSPS) is 10.2. The lowest BCUT2D eigenvalue weighted by atomic mass is 10.1. The van der Waals surface area contributed by atoms with Gasteiger partial charge in [0.25, 0.3) is 0 Å². The molecule has 2 rings (SSSR count). The van der Waals surface area contributed by atoms with E-state index in [4.69, 9.17) is 17.3 Å². The maximum atomic E-state index is 11.9. The zero-order chi connectivity index (χ0) is 13.8. The Morgan fingerprint density at radius 2 is 2.16 bits per heavy atom. The molecule has 1 aromatic carbocycles. The fourth-order valence-electron chi connectivity index (χ4n) is 1.57. The minimum Gasteiger partial charge on any atom is -0.398 e. The molecule has 0 radical (unpaired) electrons. The predicted molar refractivity (Wildman–Crippen MR) is 80.1 cm³/mol. The molecule has 0 spiro atoms. The summed E-state index contributed by atoms with van der Waals surface area (Å²) in [6.07, 6.45) is 1.75. The van der Waals surface area contributed by atoms with Gasteiger partial charge in [-0.1, -0.05) is 29.8 Å². The number of nitrogens with two attached hydrogens (primary N) is 1. The molecule has 19 heavy (non-hydrogen) atoms. The molecule has 1 amide bonds. The lowest BCUT2D eigenvalue weighted by Gasteiger charge is -2.08. The Bertz CT molecular complexity index is 619. The molecule has 1 heterocycles. The Kier molecular flexibility index (Phi) is 4.39. The number of hydrogen-bond acceptors (Lipinski definition) is 3. The van der Waals surface area contributed by atoms with Crippen LogP contribution in [0.4, 0.5) is 11.4 Å². The third kappa shape index (κ3) is 3.68. The number of nitrogens with zero attached hydrogens (tertiary/aromatic N) is 1. The Labute approximate surface area is 124 Å². The van der Waals surface area contributed by atoms with Crippen LogP contribution in [0.25, 0.3) is 0 Å². The van der Waals surface area contributed by atoms with E-state index in [0.29, 0.717) is 11.4 Å². The monoisotopic (exact) mass is 339 g/mol. The first kappa shape index (κ1) is 13.8. The van der Waals surface area contributed by atoms with E-state index in [9.17, 15) is 4.79 Å². The number of carbonyl (C=O) groups excluding carboxylic acids is 1. The SMILES string of the molecule is Nc1ccccc1CC(=O)Nc1cc(Br)cnc1Cl. The van der Waals surface area contributed by atoms with Crippen LogP contribution in [-0.2, 0) is 11.2 Å². The number of amides is 1. The van der Waals surface area contributed by atoms with Crippen molar-refractivity contribution in [3.05, 3.63) is 51.7 Å². The summed E-state index contributed by atoms with van der Waals surface area (Å²) in [4.78, 5) is 15.9. The zero-order valence-electron chi connectivity index (χ0n) is 9.86. The predicted octanol–water partition coefficient (Wildman–Crippen LogP) is 3.26. The summed E-state index contributed by atoms with van der Waals surface area (Å²) in [5.74, 6) is -0.195. The molecule has 0 saturated heterocycles. The number of rotatable bonds is 3. The molecule has 2 aromatic rings. The molecular formula is C13H11BrClN3O. The van der Waals surface area contributed by atoms with E-state index in [-0.39, 0.29) is 17.5 Å². The topological polar surface area (TPSA) is 68.0 Å². The highest BCUT2D eigenvalue weighted by molar-refractivity contribution is 9.10. The number of benzene rings is 1. The first-order chi connectivity index (χ1) is 9.06. The van der Waals surface area contributed by atoms with Gasteiger partial charge in [0.2, 0.25) is 5.91 Å². The van der Waals surface area contributed by atoms with Crippen LogP contribution in [0.15, 0.2) is 41.0 Å². The van der Waals surface area contributed by atoms with Gasteiger partial charge < -0.3 is 11.1 Å². The number of anilines is 2. The Hall–Kier alpha value is -1.59. The number of para-hydroxylation sites is 1. The van der Waals surface area contributed by atoms with Crippen molar-refractivity contribution in [3.8, 4) is 0 Å². The van der Waals surface area contributed by atoms with Crippen molar-refractivity contribution in [1.29, 1.82) is 0 Å². The summed E-state index contributed by atoms with van der Waals surface area (Å²) < 4.78 is 0.742. The van der Waals surface area contributed by atoms with E-state index < -0.39 is 0 Å². The summed E-state index contributed by atoms with van der Waals surface area (Å²) in [5, 5.41) is 2.96. The minimum atomic E-state index is -0.195. The van der Waals surface area contributed by atoms with Gasteiger partial charge in [0, 0.05) is 16.4 Å². The smallest absolute Gasteiger partial charge is 0.228 e. The third-order valence-electron chi connectivity index (χ3n) is 2.49. The summed E-state index contributed by atoms with van der Waals surface area (Å²) in [5.41, 5.74) is 7.63. The lowest BCUT2D eigenvalue weighted by molar-refractivity contribution is -0.115. The Morgan fingerprint density at radius 3 is 2.89 bits per heavy atom. The molecule has 0 fully saturated rings. The second-order valence-corrected chi connectivity index (χ2v) is 5.19. The quantitative estimate of drug-likeness (QED) is 0.665. The van der Waals surface area contributed by atoms with Gasteiger partial charge >= 0.3 is 0 Å². The van der Waals surface area contributed by atoms with E-state index in [0.717, 1.165) is 10.0 Å². The summed E-state index contributed by atoms with van der Waals surface area (Å²) >= 11 is 9.18. The second-order valence-electron chi connectivity index (χ2n) is 3.92. The van der Waals surface area contributed by atoms with Crippen molar-refractivity contribution < 1.29 is 4.79 Å². The van der Waals surface area contributed by atoms with Crippen LogP contribution >= 0.6 is 27.5 Å². The van der Waals surface area contributed by atoms with E-state index in [2.05, 4.69) is 26.2 Å². The number of halogens is 2. The molecular weight excluding hydrogens is 330 g/mol. The maximum Gasteiger partial charge on any atom is 0.228 e. The van der Waals surface area contributed by atoms with E-state index in [1.165, 1.54) is 0 Å². The van der Waals surface area contributed by atoms with Crippen molar-refractivity contribution in [2.24, 2.45) is 0 Å². The van der Waals surface area contributed by atoms with Crippen molar-refractivity contribution in [2.45, 2.75) is 6.42 Å². The zero-order valence-corrected chi connectivity index (χ0v) is 12.2. The van der Waals surface area contributed by atoms with Gasteiger partial charge in [-0.05, 0) is 33.6 Å². The highest BCUT2D eigenvalue weighted by Gasteiger charge is 2.09. The fraction of sp³-hybridized carbons (Fsp3) is 0.0769. The van der Waals surface area contributed by atoms with E-state index >= 15 is 0 Å². The van der Waals surface area contributed by atoms with Crippen molar-refractivity contribution in [2.75, 3.05) is 11.1 Å². The Morgan fingerprint density at radius 1 is 1.42 bits per heavy atom. The maximum absolute atomic E-state index is 11.9. The standard InChI is InChI=1S/C13H11BrClN3O/c14-9-6-11(13(15)17-7-9)18-12(19)5-8-3-1-2-4-10(8)16/h1-4,6-7H,5,16H2,(H,18,19). The molecule has 1 aromatic heterocycles. The summed E-state index contributed by atoms with van der Waals surface area (Å²) in [7, 11) is 0. The fourth-order valence-corrected chi connectivity index (χ4v) is 2.05. The third-order valence-corrected chi connectivity index (χ3v) is 3.22. The van der Waals surface area contributed by atoms with Gasteiger partial charge in [0.05, 0.1) is 12.1 Å². The van der Waals surface area contributed by atoms with Crippen molar-refractivity contribution in [3.63, 3.8) is 0 Å². The van der Waals surface area contributed by atoms with Crippen LogP contribution in [-0.4, -0.2) is 10.9 Å². The van der Waals surface area contributed by atoms with Crippen LogP contribution in [0.3, 0.4) is 0 Å². The molecule has 4 nitrogen and oxygen atoms in total. The minimum absolute atomic E-state index is 0.190. The molecule has 0 atom stereocenters. The van der Waals surface area contributed by atoms with Gasteiger partial charge in [0.15, 0.2) is 5.15 Å². The molecule has 0 aliphatic carbocycles. The molecule has 6 heteroatoms. The van der Waals surface area contributed by atoms with Gasteiger partial charge in [-0.15, -0.1) is 0 Å². The highest BCUT2D eigenvalue weighted by Crippen LogP contribution is 2.23. The van der Waals surface area contributed by atoms with E-state index in [1.807, 2.05) is 18.2 Å².